The number of halogens is 1. The maximum Gasteiger partial charge on any atom is 0.271 e. The predicted octanol–water partition coefficient (Wildman–Crippen LogP) is 2.29. The molecule has 122 valence electrons. The number of nitrogens with one attached hydrogen (secondary N) is 2. The smallest absolute Gasteiger partial charge is 0.271 e. The van der Waals surface area contributed by atoms with E-state index >= 15 is 0 Å². The molecule has 0 bridgehead atoms. The van der Waals surface area contributed by atoms with E-state index < -0.39 is 0 Å². The number of hydrogen-bond acceptors (Lipinski definition) is 3. The number of likely N-dealkylation sites (tertiary alicyclic amines) is 1. The molecule has 0 aliphatic carbocycles. The van der Waals surface area contributed by atoms with Crippen LogP contribution in [0, 0.1) is 11.7 Å². The summed E-state index contributed by atoms with van der Waals surface area (Å²) in [7, 11) is 1.94. The lowest BCUT2D eigenvalue weighted by Crippen LogP contribution is -2.42. The van der Waals surface area contributed by atoms with Gasteiger partial charge in [-0.25, -0.2) is 4.39 Å². The minimum atomic E-state index is -0.288. The predicted molar refractivity (Wildman–Crippen MR) is 86.5 cm³/mol. The molecule has 2 aromatic rings. The van der Waals surface area contributed by atoms with Gasteiger partial charge in [0.25, 0.3) is 5.91 Å². The second-order valence-corrected chi connectivity index (χ2v) is 5.99. The van der Waals surface area contributed by atoms with Crippen molar-refractivity contribution in [1.82, 2.24) is 20.4 Å². The van der Waals surface area contributed by atoms with Crippen LogP contribution >= 0.6 is 0 Å². The van der Waals surface area contributed by atoms with Gasteiger partial charge in [-0.2, -0.15) is 5.10 Å². The summed E-state index contributed by atoms with van der Waals surface area (Å²) in [6.07, 6.45) is 2.17. The van der Waals surface area contributed by atoms with Crippen LogP contribution in [0.1, 0.15) is 23.3 Å². The van der Waals surface area contributed by atoms with E-state index in [4.69, 9.17) is 0 Å². The summed E-state index contributed by atoms with van der Waals surface area (Å²) in [6, 6.07) is 7.82. The zero-order valence-corrected chi connectivity index (χ0v) is 13.2. The van der Waals surface area contributed by atoms with Crippen LogP contribution in [-0.4, -0.2) is 47.7 Å². The lowest BCUT2D eigenvalue weighted by Gasteiger charge is -2.32. The van der Waals surface area contributed by atoms with Gasteiger partial charge in [0.1, 0.15) is 11.5 Å². The molecular weight excluding hydrogens is 295 g/mol. The highest BCUT2D eigenvalue weighted by Crippen LogP contribution is 2.21. The summed E-state index contributed by atoms with van der Waals surface area (Å²) in [5.74, 6) is 0.188. The Morgan fingerprint density at radius 2 is 2.22 bits per heavy atom. The average Bonchev–Trinajstić information content (AvgIpc) is 3.05. The summed E-state index contributed by atoms with van der Waals surface area (Å²) >= 11 is 0. The molecule has 6 heteroatoms. The number of carbonyl (C=O) groups excluding carboxylic acids is 1. The first-order valence-corrected chi connectivity index (χ1v) is 7.92. The summed E-state index contributed by atoms with van der Waals surface area (Å²) in [6.45, 7) is 2.47. The third kappa shape index (κ3) is 3.59. The number of nitrogens with zero attached hydrogens (tertiary/aromatic N) is 2. The molecule has 1 saturated heterocycles. The first kappa shape index (κ1) is 15.7. The Bertz CT molecular complexity index is 665. The number of rotatable bonds is 4. The molecule has 1 atom stereocenters. The van der Waals surface area contributed by atoms with Gasteiger partial charge in [-0.1, -0.05) is 0 Å². The van der Waals surface area contributed by atoms with Crippen LogP contribution in [0.25, 0.3) is 11.3 Å². The van der Waals surface area contributed by atoms with E-state index in [-0.39, 0.29) is 11.7 Å². The number of aromatic amines is 1. The fraction of sp³-hybridized carbons (Fsp3) is 0.412. The molecule has 1 amide bonds. The minimum Gasteiger partial charge on any atom is -0.337 e. The highest BCUT2D eigenvalue weighted by Gasteiger charge is 2.25. The highest BCUT2D eigenvalue weighted by atomic mass is 19.1. The van der Waals surface area contributed by atoms with Crippen molar-refractivity contribution in [3.63, 3.8) is 0 Å². The molecular formula is C17H21FN4O. The maximum absolute atomic E-state index is 13.0. The third-order valence-electron chi connectivity index (χ3n) is 4.25. The Labute approximate surface area is 134 Å². The molecule has 5 nitrogen and oxygen atoms in total. The van der Waals surface area contributed by atoms with E-state index in [9.17, 15) is 9.18 Å². The van der Waals surface area contributed by atoms with Crippen LogP contribution in [0.2, 0.25) is 0 Å². The molecule has 1 aliphatic heterocycles. The lowest BCUT2D eigenvalue weighted by molar-refractivity contribution is 0.0668. The number of amides is 1. The van der Waals surface area contributed by atoms with Gasteiger partial charge in [-0.3, -0.25) is 9.89 Å². The summed E-state index contributed by atoms with van der Waals surface area (Å²) in [5, 5.41) is 10.2. The van der Waals surface area contributed by atoms with Crippen LogP contribution in [-0.2, 0) is 0 Å². The number of hydrogen-bond donors (Lipinski definition) is 2. The quantitative estimate of drug-likeness (QED) is 0.910. The van der Waals surface area contributed by atoms with Crippen LogP contribution in [0.4, 0.5) is 4.39 Å². The Hall–Kier alpha value is -2.21. The normalized spacial score (nSPS) is 18.2. The Morgan fingerprint density at radius 1 is 1.43 bits per heavy atom. The van der Waals surface area contributed by atoms with Crippen molar-refractivity contribution in [3.8, 4) is 11.3 Å². The fourth-order valence-corrected chi connectivity index (χ4v) is 3.07. The lowest BCUT2D eigenvalue weighted by atomic mass is 9.98. The van der Waals surface area contributed by atoms with Crippen molar-refractivity contribution in [3.05, 3.63) is 41.8 Å². The molecule has 1 aliphatic rings. The molecule has 1 aromatic carbocycles. The van der Waals surface area contributed by atoms with Crippen molar-refractivity contribution in [2.75, 3.05) is 26.7 Å². The topological polar surface area (TPSA) is 61.0 Å². The number of benzene rings is 1. The van der Waals surface area contributed by atoms with Crippen LogP contribution < -0.4 is 5.32 Å². The van der Waals surface area contributed by atoms with E-state index in [0.29, 0.717) is 17.3 Å². The van der Waals surface area contributed by atoms with Gasteiger partial charge in [0.15, 0.2) is 0 Å². The average molecular weight is 316 g/mol. The van der Waals surface area contributed by atoms with E-state index in [2.05, 4.69) is 15.5 Å². The van der Waals surface area contributed by atoms with Crippen molar-refractivity contribution in [1.29, 1.82) is 0 Å². The van der Waals surface area contributed by atoms with Crippen LogP contribution in [0.3, 0.4) is 0 Å². The molecule has 2 N–H and O–H groups in total. The van der Waals surface area contributed by atoms with Gasteiger partial charge in [-0.15, -0.1) is 0 Å². The second-order valence-electron chi connectivity index (χ2n) is 5.99. The van der Waals surface area contributed by atoms with Gasteiger partial charge < -0.3 is 10.2 Å². The van der Waals surface area contributed by atoms with E-state index in [1.54, 1.807) is 18.2 Å². The van der Waals surface area contributed by atoms with E-state index in [0.717, 1.165) is 38.0 Å². The molecule has 0 saturated carbocycles. The van der Waals surface area contributed by atoms with Gasteiger partial charge >= 0.3 is 0 Å². The fourth-order valence-electron chi connectivity index (χ4n) is 3.07. The van der Waals surface area contributed by atoms with Gasteiger partial charge in [0.2, 0.25) is 0 Å². The SMILES string of the molecule is CNC[C@@H]1CCCN(C(=O)c2cc(-c3ccc(F)cc3)n[nH]2)C1. The zero-order valence-electron chi connectivity index (χ0n) is 13.2. The molecule has 23 heavy (non-hydrogen) atoms. The van der Waals surface area contributed by atoms with E-state index in [1.165, 1.54) is 12.1 Å². The monoisotopic (exact) mass is 316 g/mol. The Balaban J connectivity index is 1.72. The Kier molecular flexibility index (Phi) is 4.71. The van der Waals surface area contributed by atoms with Crippen LogP contribution in [0.5, 0.6) is 0 Å². The third-order valence-corrected chi connectivity index (χ3v) is 4.25. The second kappa shape index (κ2) is 6.91. The molecule has 3 rings (SSSR count). The first-order chi connectivity index (χ1) is 11.2. The zero-order chi connectivity index (χ0) is 16.2. The number of H-pyrrole nitrogens is 1. The van der Waals surface area contributed by atoms with Crippen molar-refractivity contribution < 1.29 is 9.18 Å². The molecule has 1 fully saturated rings. The van der Waals surface area contributed by atoms with Crippen LogP contribution in [0.15, 0.2) is 30.3 Å². The van der Waals surface area contributed by atoms with Gasteiger partial charge in [0.05, 0.1) is 5.69 Å². The van der Waals surface area contributed by atoms with E-state index in [1.807, 2.05) is 11.9 Å². The number of carbonyl (C=O) groups is 1. The molecule has 0 radical (unpaired) electrons. The minimum absolute atomic E-state index is 0.0216. The van der Waals surface area contributed by atoms with Gasteiger partial charge in [-0.05, 0) is 62.7 Å². The molecule has 0 spiro atoms. The molecule has 2 heterocycles. The van der Waals surface area contributed by atoms with Crippen molar-refractivity contribution in [2.45, 2.75) is 12.8 Å². The summed E-state index contributed by atoms with van der Waals surface area (Å²) < 4.78 is 13.0. The summed E-state index contributed by atoms with van der Waals surface area (Å²) in [4.78, 5) is 14.5. The van der Waals surface area contributed by atoms with Gasteiger partial charge in [0, 0.05) is 18.7 Å². The van der Waals surface area contributed by atoms with Crippen molar-refractivity contribution >= 4 is 5.91 Å². The van der Waals surface area contributed by atoms with Crippen molar-refractivity contribution in [2.24, 2.45) is 5.92 Å². The highest BCUT2D eigenvalue weighted by molar-refractivity contribution is 5.93. The Morgan fingerprint density at radius 3 is 2.96 bits per heavy atom. The number of aromatic nitrogens is 2. The summed E-state index contributed by atoms with van der Waals surface area (Å²) in [5.41, 5.74) is 1.92. The standard InChI is InChI=1S/C17H21FN4O/c1-19-10-12-3-2-8-22(11-12)17(23)16-9-15(20-21-16)13-4-6-14(18)7-5-13/h4-7,9,12,19H,2-3,8,10-11H2,1H3,(H,20,21)/t12-/m0/s1. The first-order valence-electron chi connectivity index (χ1n) is 7.92. The number of piperidine rings is 1. The maximum atomic E-state index is 13.0. The largest absolute Gasteiger partial charge is 0.337 e. The molecule has 0 unspecified atom stereocenters. The molecule has 1 aromatic heterocycles.